The molecule has 2 aromatic rings. The number of halogens is 2. The molecule has 0 heterocycles. The first-order valence-corrected chi connectivity index (χ1v) is 10.7. The highest BCUT2D eigenvalue weighted by Crippen LogP contribution is 2.33. The minimum Gasteiger partial charge on any atom is -0.491 e. The molecule has 0 unspecified atom stereocenters. The predicted molar refractivity (Wildman–Crippen MR) is 125 cm³/mol. The van der Waals surface area contributed by atoms with Crippen LogP contribution in [0.3, 0.4) is 0 Å². The summed E-state index contributed by atoms with van der Waals surface area (Å²) in [6.07, 6.45) is 1.12. The van der Waals surface area contributed by atoms with Crippen LogP contribution in [0.25, 0.3) is 0 Å². The van der Waals surface area contributed by atoms with Crippen LogP contribution >= 0.6 is 0 Å². The number of benzene rings is 2. The fraction of sp³-hybridized carbons (Fsp3) is 0.280. The van der Waals surface area contributed by atoms with Crippen LogP contribution in [0.5, 0.6) is 5.75 Å². The summed E-state index contributed by atoms with van der Waals surface area (Å²) in [4.78, 5) is 24.0. The Hall–Kier alpha value is -3.76. The van der Waals surface area contributed by atoms with E-state index in [1.807, 2.05) is 0 Å². The lowest BCUT2D eigenvalue weighted by atomic mass is 9.90. The number of anilines is 1. The van der Waals surface area contributed by atoms with E-state index >= 15 is 0 Å². The lowest BCUT2D eigenvalue weighted by molar-refractivity contribution is -0.124. The normalized spacial score (nSPS) is 13.6. The van der Waals surface area contributed by atoms with Gasteiger partial charge < -0.3 is 14.6 Å². The molecule has 0 radical (unpaired) electrons. The quantitative estimate of drug-likeness (QED) is 0.167. The Morgan fingerprint density at radius 3 is 2.37 bits per heavy atom. The van der Waals surface area contributed by atoms with Crippen molar-refractivity contribution in [3.63, 3.8) is 0 Å². The zero-order valence-electron chi connectivity index (χ0n) is 19.5. The fourth-order valence-corrected chi connectivity index (χ4v) is 3.23. The Morgan fingerprint density at radius 1 is 1.09 bits per heavy atom. The monoisotopic (exact) mass is 490 g/mol. The summed E-state index contributed by atoms with van der Waals surface area (Å²) < 4.78 is 38.1. The zero-order chi connectivity index (χ0) is 26.0. The molecule has 0 saturated carbocycles. The number of hydrogen-bond donors (Lipinski definition) is 4. The molecular weight excluding hydrogens is 462 g/mol. The summed E-state index contributed by atoms with van der Waals surface area (Å²) in [6, 6.07) is 9.43. The molecule has 2 aromatic carbocycles. The summed E-state index contributed by atoms with van der Waals surface area (Å²) >= 11 is 0. The van der Waals surface area contributed by atoms with Gasteiger partial charge in [0.25, 0.3) is 5.91 Å². The number of carbonyl (C=O) groups is 2. The van der Waals surface area contributed by atoms with Crippen molar-refractivity contribution in [2.24, 2.45) is 5.92 Å². The van der Waals surface area contributed by atoms with E-state index in [2.05, 4.69) is 5.32 Å². The second-order valence-corrected chi connectivity index (χ2v) is 7.76. The second kappa shape index (κ2) is 13.2. The van der Waals surface area contributed by atoms with Gasteiger partial charge in [0.1, 0.15) is 30.1 Å². The van der Waals surface area contributed by atoms with E-state index in [1.54, 1.807) is 51.1 Å². The lowest BCUT2D eigenvalue weighted by Crippen LogP contribution is -2.23. The van der Waals surface area contributed by atoms with Crippen LogP contribution in [0.15, 0.2) is 65.8 Å². The molecule has 0 aliphatic carbocycles. The number of hydrogen-bond acceptors (Lipinski definition) is 6. The maximum absolute atomic E-state index is 14.0. The van der Waals surface area contributed by atoms with E-state index in [0.29, 0.717) is 23.0 Å². The van der Waals surface area contributed by atoms with Crippen molar-refractivity contribution in [3.8, 4) is 5.75 Å². The largest absolute Gasteiger partial charge is 0.491 e. The van der Waals surface area contributed by atoms with Crippen LogP contribution in [0, 0.1) is 17.6 Å². The molecule has 2 atom stereocenters. The van der Waals surface area contributed by atoms with Crippen molar-refractivity contribution in [3.05, 3.63) is 83.0 Å². The third kappa shape index (κ3) is 8.51. The number of ether oxygens (including phenoxy) is 2. The van der Waals surface area contributed by atoms with Crippen molar-refractivity contribution < 1.29 is 38.2 Å². The average Bonchev–Trinajstić information content (AvgIpc) is 2.82. The molecule has 2 amide bonds. The first-order chi connectivity index (χ1) is 16.6. The predicted octanol–water partition coefficient (Wildman–Crippen LogP) is 4.66. The maximum atomic E-state index is 14.0. The highest BCUT2D eigenvalue weighted by Gasteiger charge is 2.26. The van der Waals surface area contributed by atoms with Gasteiger partial charge in [-0.2, -0.15) is 0 Å². The van der Waals surface area contributed by atoms with E-state index in [4.69, 9.17) is 19.8 Å². The molecule has 188 valence electrons. The van der Waals surface area contributed by atoms with Gasteiger partial charge in [0.2, 0.25) is 0 Å². The number of carbonyl (C=O) groups excluding carboxylic acids is 2. The van der Waals surface area contributed by atoms with Crippen molar-refractivity contribution in [1.29, 1.82) is 0 Å². The molecule has 0 aromatic heterocycles. The molecule has 10 heteroatoms. The fourth-order valence-electron chi connectivity index (χ4n) is 3.23. The van der Waals surface area contributed by atoms with Crippen molar-refractivity contribution in [1.82, 2.24) is 5.48 Å². The van der Waals surface area contributed by atoms with Gasteiger partial charge in [0.05, 0.1) is 12.3 Å². The van der Waals surface area contributed by atoms with E-state index in [0.717, 1.165) is 17.7 Å². The van der Waals surface area contributed by atoms with E-state index < -0.39 is 35.7 Å². The molecule has 35 heavy (non-hydrogen) atoms. The highest BCUT2D eigenvalue weighted by atomic mass is 19.1. The van der Waals surface area contributed by atoms with Gasteiger partial charge in [-0.1, -0.05) is 30.7 Å². The molecule has 8 nitrogen and oxygen atoms in total. The second-order valence-electron chi connectivity index (χ2n) is 7.76. The van der Waals surface area contributed by atoms with Crippen molar-refractivity contribution >= 4 is 17.7 Å². The zero-order valence-corrected chi connectivity index (χ0v) is 19.5. The Labute approximate surface area is 201 Å². The SMILES string of the molecule is CC(=C\C(=O)NO)/C=C(\C)[C@H](C)[C@@H](OC(=O)Nc1ccc(F)cc1F)c1ccc(OCCO)cc1. The van der Waals surface area contributed by atoms with E-state index in [1.165, 1.54) is 11.6 Å². The number of aliphatic hydroxyl groups is 1. The van der Waals surface area contributed by atoms with Crippen LogP contribution in [-0.4, -0.2) is 35.5 Å². The molecule has 0 spiro atoms. The summed E-state index contributed by atoms with van der Waals surface area (Å²) in [5.74, 6) is -2.31. The van der Waals surface area contributed by atoms with Gasteiger partial charge in [0.15, 0.2) is 0 Å². The van der Waals surface area contributed by atoms with Gasteiger partial charge in [-0.05, 0) is 49.2 Å². The van der Waals surface area contributed by atoms with Crippen LogP contribution in [0.1, 0.15) is 32.4 Å². The number of aliphatic hydroxyl groups excluding tert-OH is 1. The molecule has 0 aliphatic heterocycles. The number of amides is 2. The first kappa shape index (κ1) is 27.5. The third-order valence-corrected chi connectivity index (χ3v) is 5.07. The topological polar surface area (TPSA) is 117 Å². The lowest BCUT2D eigenvalue weighted by Gasteiger charge is -2.26. The molecule has 4 N–H and O–H groups in total. The third-order valence-electron chi connectivity index (χ3n) is 5.07. The van der Waals surface area contributed by atoms with Gasteiger partial charge in [-0.25, -0.2) is 19.1 Å². The molecular formula is C25H28F2N2O6. The van der Waals surface area contributed by atoms with Crippen LogP contribution in [-0.2, 0) is 9.53 Å². The molecule has 0 bridgehead atoms. The van der Waals surface area contributed by atoms with Crippen LogP contribution < -0.4 is 15.5 Å². The summed E-state index contributed by atoms with van der Waals surface area (Å²) in [5.41, 5.74) is 3.18. The Kier molecular flexibility index (Phi) is 10.4. The smallest absolute Gasteiger partial charge is 0.412 e. The molecule has 0 fully saturated rings. The number of hydroxylamine groups is 1. The maximum Gasteiger partial charge on any atom is 0.412 e. The molecule has 2 rings (SSSR count). The minimum absolute atomic E-state index is 0.121. The first-order valence-electron chi connectivity index (χ1n) is 10.7. The van der Waals surface area contributed by atoms with Crippen molar-refractivity contribution in [2.75, 3.05) is 18.5 Å². The minimum atomic E-state index is -0.951. The van der Waals surface area contributed by atoms with Gasteiger partial charge in [-0.15, -0.1) is 0 Å². The highest BCUT2D eigenvalue weighted by molar-refractivity contribution is 5.87. The van der Waals surface area contributed by atoms with Crippen molar-refractivity contribution in [2.45, 2.75) is 26.9 Å². The van der Waals surface area contributed by atoms with Crippen LogP contribution in [0.4, 0.5) is 19.3 Å². The Morgan fingerprint density at radius 2 is 1.77 bits per heavy atom. The average molecular weight is 491 g/mol. The summed E-state index contributed by atoms with van der Waals surface area (Å²) in [6.45, 7) is 5.23. The van der Waals surface area contributed by atoms with Gasteiger partial charge >= 0.3 is 6.09 Å². The molecule has 0 aliphatic rings. The summed E-state index contributed by atoms with van der Waals surface area (Å²) in [7, 11) is 0. The number of allylic oxidation sites excluding steroid dienone is 2. The Balaban J connectivity index is 2.31. The van der Waals surface area contributed by atoms with Gasteiger partial charge in [0, 0.05) is 18.1 Å². The standard InChI is InChI=1S/C25H28F2N2O6/c1-15(13-23(31)29-33)12-16(2)17(3)24(18-4-7-20(8-5-18)34-11-10-30)35-25(32)28-22-9-6-19(26)14-21(22)27/h4-9,12-14,17,24,30,33H,10-11H2,1-3H3,(H,28,32)(H,29,31)/b15-13+,16-12+/t17-,24+/m0/s1. The number of nitrogens with one attached hydrogen (secondary N) is 2. The number of rotatable bonds is 10. The summed E-state index contributed by atoms with van der Waals surface area (Å²) in [5, 5.41) is 19.9. The van der Waals surface area contributed by atoms with Crippen LogP contribution in [0.2, 0.25) is 0 Å². The van der Waals surface area contributed by atoms with E-state index in [9.17, 15) is 18.4 Å². The van der Waals surface area contributed by atoms with E-state index in [-0.39, 0.29) is 18.9 Å². The molecule has 0 saturated heterocycles. The Bertz CT molecular complexity index is 1090. The van der Waals surface area contributed by atoms with Gasteiger partial charge in [-0.3, -0.25) is 15.3 Å².